The van der Waals surface area contributed by atoms with Gasteiger partial charge in [-0.25, -0.2) is 4.79 Å². The molecule has 2 N–H and O–H groups in total. The van der Waals surface area contributed by atoms with Crippen molar-refractivity contribution in [2.75, 3.05) is 5.32 Å². The van der Waals surface area contributed by atoms with E-state index in [9.17, 15) is 9.90 Å². The standard InChI is InChI=1S/C17H16BrNO2/c18-12-4-3-5-13(10-12)19-16(17(20)21)15-7-2-1-6-14(15)11-8-9-11/h1-7,10-11,16,19H,8-9H2,(H,20,21). The molecule has 0 amide bonds. The highest BCUT2D eigenvalue weighted by Crippen LogP contribution is 2.43. The molecule has 1 fully saturated rings. The lowest BCUT2D eigenvalue weighted by atomic mass is 9.97. The summed E-state index contributed by atoms with van der Waals surface area (Å²) in [4.78, 5) is 11.7. The van der Waals surface area contributed by atoms with Crippen LogP contribution in [-0.2, 0) is 4.79 Å². The van der Waals surface area contributed by atoms with Gasteiger partial charge in [-0.3, -0.25) is 0 Å². The third kappa shape index (κ3) is 3.27. The molecule has 2 aromatic rings. The Kier molecular flexibility index (Phi) is 3.97. The molecule has 3 rings (SSSR count). The average molecular weight is 346 g/mol. The zero-order valence-electron chi connectivity index (χ0n) is 11.4. The summed E-state index contributed by atoms with van der Waals surface area (Å²) in [6.07, 6.45) is 2.31. The largest absolute Gasteiger partial charge is 0.479 e. The topological polar surface area (TPSA) is 49.3 Å². The summed E-state index contributed by atoms with van der Waals surface area (Å²) < 4.78 is 0.923. The lowest BCUT2D eigenvalue weighted by Crippen LogP contribution is -2.21. The number of nitrogens with one attached hydrogen (secondary N) is 1. The molecule has 1 unspecified atom stereocenters. The van der Waals surface area contributed by atoms with E-state index in [0.29, 0.717) is 5.92 Å². The fraction of sp³-hybridized carbons (Fsp3) is 0.235. The van der Waals surface area contributed by atoms with Crippen molar-refractivity contribution in [3.05, 3.63) is 64.1 Å². The number of hydrogen-bond acceptors (Lipinski definition) is 2. The van der Waals surface area contributed by atoms with Gasteiger partial charge in [0, 0.05) is 10.2 Å². The van der Waals surface area contributed by atoms with Crippen molar-refractivity contribution in [1.82, 2.24) is 0 Å². The maximum absolute atomic E-state index is 11.7. The van der Waals surface area contributed by atoms with Gasteiger partial charge in [-0.15, -0.1) is 0 Å². The lowest BCUT2D eigenvalue weighted by Gasteiger charge is -2.19. The summed E-state index contributed by atoms with van der Waals surface area (Å²) in [5, 5.41) is 12.7. The van der Waals surface area contributed by atoms with Crippen LogP contribution < -0.4 is 5.32 Å². The van der Waals surface area contributed by atoms with E-state index < -0.39 is 12.0 Å². The maximum atomic E-state index is 11.7. The van der Waals surface area contributed by atoms with Gasteiger partial charge in [-0.05, 0) is 48.1 Å². The highest BCUT2D eigenvalue weighted by molar-refractivity contribution is 9.10. The molecule has 0 radical (unpaired) electrons. The molecule has 1 aliphatic carbocycles. The highest BCUT2D eigenvalue weighted by atomic mass is 79.9. The molecule has 21 heavy (non-hydrogen) atoms. The molecule has 1 aliphatic rings. The number of benzene rings is 2. The van der Waals surface area contributed by atoms with Crippen LogP contribution in [0.2, 0.25) is 0 Å². The SMILES string of the molecule is O=C(O)C(Nc1cccc(Br)c1)c1ccccc1C1CC1. The van der Waals surface area contributed by atoms with E-state index in [4.69, 9.17) is 0 Å². The molecular weight excluding hydrogens is 330 g/mol. The Morgan fingerprint density at radius 3 is 2.62 bits per heavy atom. The Bertz CT molecular complexity index is 667. The van der Waals surface area contributed by atoms with Crippen LogP contribution in [-0.4, -0.2) is 11.1 Å². The number of carbonyl (C=O) groups is 1. The molecule has 0 bridgehead atoms. The Morgan fingerprint density at radius 2 is 1.95 bits per heavy atom. The van der Waals surface area contributed by atoms with Crippen LogP contribution in [0.15, 0.2) is 53.0 Å². The number of rotatable bonds is 5. The molecular formula is C17H16BrNO2. The highest BCUT2D eigenvalue weighted by Gasteiger charge is 2.30. The molecule has 0 saturated heterocycles. The quantitative estimate of drug-likeness (QED) is 0.834. The van der Waals surface area contributed by atoms with Crippen molar-refractivity contribution in [3.8, 4) is 0 Å². The van der Waals surface area contributed by atoms with Crippen molar-refractivity contribution in [3.63, 3.8) is 0 Å². The first kappa shape index (κ1) is 14.1. The van der Waals surface area contributed by atoms with Gasteiger partial charge >= 0.3 is 5.97 Å². The first-order chi connectivity index (χ1) is 10.1. The van der Waals surface area contributed by atoms with E-state index in [1.165, 1.54) is 0 Å². The van der Waals surface area contributed by atoms with Crippen LogP contribution >= 0.6 is 15.9 Å². The summed E-state index contributed by atoms with van der Waals surface area (Å²) in [6.45, 7) is 0. The number of halogens is 1. The first-order valence-electron chi connectivity index (χ1n) is 6.99. The van der Waals surface area contributed by atoms with Gasteiger partial charge in [0.2, 0.25) is 0 Å². The van der Waals surface area contributed by atoms with Gasteiger partial charge in [0.1, 0.15) is 0 Å². The molecule has 0 aromatic heterocycles. The number of aliphatic carboxylic acids is 1. The van der Waals surface area contributed by atoms with E-state index in [-0.39, 0.29) is 0 Å². The third-order valence-electron chi connectivity index (χ3n) is 3.71. The van der Waals surface area contributed by atoms with Crippen molar-refractivity contribution in [1.29, 1.82) is 0 Å². The summed E-state index contributed by atoms with van der Waals surface area (Å²) >= 11 is 3.41. The van der Waals surface area contributed by atoms with E-state index in [0.717, 1.165) is 34.1 Å². The minimum absolute atomic E-state index is 0.521. The van der Waals surface area contributed by atoms with Crippen LogP contribution in [0.5, 0.6) is 0 Å². The van der Waals surface area contributed by atoms with Crippen LogP contribution in [0.4, 0.5) is 5.69 Å². The molecule has 1 atom stereocenters. The predicted molar refractivity (Wildman–Crippen MR) is 86.6 cm³/mol. The molecule has 1 saturated carbocycles. The normalized spacial score (nSPS) is 15.5. The van der Waals surface area contributed by atoms with Crippen LogP contribution in [0.25, 0.3) is 0 Å². The molecule has 108 valence electrons. The van der Waals surface area contributed by atoms with Crippen molar-refractivity contribution >= 4 is 27.6 Å². The summed E-state index contributed by atoms with van der Waals surface area (Å²) in [5.74, 6) is -0.338. The van der Waals surface area contributed by atoms with Crippen LogP contribution in [0, 0.1) is 0 Å². The molecule has 0 spiro atoms. The van der Waals surface area contributed by atoms with Gasteiger partial charge in [0.05, 0.1) is 0 Å². The second-order valence-electron chi connectivity index (χ2n) is 5.33. The van der Waals surface area contributed by atoms with E-state index in [2.05, 4.69) is 21.2 Å². The molecule has 4 heteroatoms. The van der Waals surface area contributed by atoms with Crippen LogP contribution in [0.3, 0.4) is 0 Å². The van der Waals surface area contributed by atoms with E-state index in [1.807, 2.05) is 48.5 Å². The maximum Gasteiger partial charge on any atom is 0.330 e. The third-order valence-corrected chi connectivity index (χ3v) is 4.20. The molecule has 0 heterocycles. The van der Waals surface area contributed by atoms with Gasteiger partial charge in [-0.2, -0.15) is 0 Å². The number of carboxylic acid groups (broad SMARTS) is 1. The Labute approximate surface area is 132 Å². The predicted octanol–water partition coefficient (Wildman–Crippen LogP) is 4.56. The van der Waals surface area contributed by atoms with Gasteiger partial charge < -0.3 is 10.4 Å². The fourth-order valence-electron chi connectivity index (χ4n) is 2.56. The second-order valence-corrected chi connectivity index (χ2v) is 6.24. The number of hydrogen-bond donors (Lipinski definition) is 2. The summed E-state index contributed by atoms with van der Waals surface area (Å²) in [7, 11) is 0. The zero-order valence-corrected chi connectivity index (χ0v) is 13.0. The van der Waals surface area contributed by atoms with Crippen LogP contribution in [0.1, 0.15) is 35.9 Å². The van der Waals surface area contributed by atoms with E-state index in [1.54, 1.807) is 0 Å². The molecule has 3 nitrogen and oxygen atoms in total. The minimum Gasteiger partial charge on any atom is -0.479 e. The Hall–Kier alpha value is -1.81. The van der Waals surface area contributed by atoms with Gasteiger partial charge in [-0.1, -0.05) is 46.3 Å². The summed E-state index contributed by atoms with van der Waals surface area (Å²) in [5.41, 5.74) is 2.82. The smallest absolute Gasteiger partial charge is 0.330 e. The molecule has 0 aliphatic heterocycles. The summed E-state index contributed by atoms with van der Waals surface area (Å²) in [6, 6.07) is 14.7. The second kappa shape index (κ2) is 5.90. The monoisotopic (exact) mass is 345 g/mol. The van der Waals surface area contributed by atoms with Crippen molar-refractivity contribution < 1.29 is 9.90 Å². The van der Waals surface area contributed by atoms with Gasteiger partial charge in [0.25, 0.3) is 0 Å². The average Bonchev–Trinajstić information content (AvgIpc) is 3.29. The zero-order chi connectivity index (χ0) is 14.8. The Balaban J connectivity index is 1.93. The van der Waals surface area contributed by atoms with E-state index >= 15 is 0 Å². The van der Waals surface area contributed by atoms with Crippen molar-refractivity contribution in [2.24, 2.45) is 0 Å². The first-order valence-corrected chi connectivity index (χ1v) is 7.78. The molecule has 2 aromatic carbocycles. The number of carboxylic acids is 1. The van der Waals surface area contributed by atoms with Gasteiger partial charge in [0.15, 0.2) is 6.04 Å². The lowest BCUT2D eigenvalue weighted by molar-refractivity contribution is -0.138. The van der Waals surface area contributed by atoms with Crippen molar-refractivity contribution in [2.45, 2.75) is 24.8 Å². The minimum atomic E-state index is -0.858. The Morgan fingerprint density at radius 1 is 1.19 bits per heavy atom. The fourth-order valence-corrected chi connectivity index (χ4v) is 2.96. The number of anilines is 1.